The highest BCUT2D eigenvalue weighted by molar-refractivity contribution is 5.94. The van der Waals surface area contributed by atoms with Crippen LogP contribution in [0.4, 0.5) is 0 Å². The van der Waals surface area contributed by atoms with Crippen molar-refractivity contribution < 1.29 is 9.90 Å². The molecule has 4 heteroatoms. The highest BCUT2D eigenvalue weighted by Gasteiger charge is 2.24. The summed E-state index contributed by atoms with van der Waals surface area (Å²) in [6, 6.07) is 17.2. The Bertz CT molecular complexity index is 643. The minimum atomic E-state index is -0.610. The molecule has 0 fully saturated rings. The van der Waals surface area contributed by atoms with Crippen LogP contribution in [0.25, 0.3) is 0 Å². The van der Waals surface area contributed by atoms with Crippen molar-refractivity contribution in [1.29, 1.82) is 0 Å². The monoisotopic (exact) mass is 296 g/mol. The zero-order chi connectivity index (χ0) is 15.4. The first kappa shape index (κ1) is 14.8. The predicted octanol–water partition coefficient (Wildman–Crippen LogP) is 1.49. The molecule has 1 aliphatic heterocycles. The fraction of sp³-hybridized carbons (Fsp3) is 0.278. The third kappa shape index (κ3) is 3.35. The van der Waals surface area contributed by atoms with Crippen LogP contribution in [0, 0.1) is 0 Å². The van der Waals surface area contributed by atoms with Crippen LogP contribution in [0.2, 0.25) is 0 Å². The maximum absolute atomic E-state index is 12.0. The van der Waals surface area contributed by atoms with E-state index in [1.165, 1.54) is 11.1 Å². The van der Waals surface area contributed by atoms with Gasteiger partial charge in [0.05, 0.1) is 6.10 Å². The van der Waals surface area contributed by atoms with Crippen LogP contribution < -0.4 is 10.6 Å². The number of aliphatic hydroxyl groups is 1. The Morgan fingerprint density at radius 2 is 1.82 bits per heavy atom. The maximum atomic E-state index is 12.0. The summed E-state index contributed by atoms with van der Waals surface area (Å²) in [5, 5.41) is 16.4. The van der Waals surface area contributed by atoms with Gasteiger partial charge in [-0.25, -0.2) is 0 Å². The van der Waals surface area contributed by atoms with Crippen molar-refractivity contribution in [2.45, 2.75) is 25.1 Å². The van der Waals surface area contributed by atoms with E-state index in [-0.39, 0.29) is 18.5 Å². The molecule has 1 heterocycles. The van der Waals surface area contributed by atoms with Crippen molar-refractivity contribution in [3.8, 4) is 0 Å². The van der Waals surface area contributed by atoms with Crippen molar-refractivity contribution in [3.05, 3.63) is 71.3 Å². The molecule has 114 valence electrons. The molecule has 0 aromatic heterocycles. The molecule has 2 aromatic carbocycles. The van der Waals surface area contributed by atoms with Crippen molar-refractivity contribution in [1.82, 2.24) is 10.6 Å². The molecular formula is C18H20N2O2. The lowest BCUT2D eigenvalue weighted by atomic mass is 9.93. The summed E-state index contributed by atoms with van der Waals surface area (Å²) in [4.78, 5) is 12.0. The van der Waals surface area contributed by atoms with Gasteiger partial charge in [-0.2, -0.15) is 0 Å². The Labute approximate surface area is 130 Å². The molecule has 2 atom stereocenters. The number of aliphatic hydroxyl groups excluding tert-OH is 1. The lowest BCUT2D eigenvalue weighted by Crippen LogP contribution is -2.49. The van der Waals surface area contributed by atoms with Crippen molar-refractivity contribution >= 4 is 5.91 Å². The largest absolute Gasteiger partial charge is 0.390 e. The van der Waals surface area contributed by atoms with Gasteiger partial charge in [0.1, 0.15) is 0 Å². The van der Waals surface area contributed by atoms with E-state index in [0.717, 1.165) is 13.0 Å². The molecule has 0 saturated carbocycles. The van der Waals surface area contributed by atoms with E-state index >= 15 is 0 Å². The first-order chi connectivity index (χ1) is 10.7. The summed E-state index contributed by atoms with van der Waals surface area (Å²) >= 11 is 0. The average Bonchev–Trinajstić information content (AvgIpc) is 2.59. The lowest BCUT2D eigenvalue weighted by molar-refractivity contribution is 0.0870. The van der Waals surface area contributed by atoms with Crippen LogP contribution in [0.3, 0.4) is 0 Å². The normalized spacial score (nSPS) is 18.3. The Hall–Kier alpha value is -2.17. The van der Waals surface area contributed by atoms with Crippen molar-refractivity contribution in [2.75, 3.05) is 6.54 Å². The van der Waals surface area contributed by atoms with E-state index in [1.54, 1.807) is 12.1 Å². The van der Waals surface area contributed by atoms with Gasteiger partial charge in [-0.3, -0.25) is 4.79 Å². The quantitative estimate of drug-likeness (QED) is 0.801. The van der Waals surface area contributed by atoms with E-state index < -0.39 is 6.10 Å². The Balaban J connectivity index is 1.55. The number of fused-ring (bicyclic) bond motifs is 1. The molecule has 0 radical (unpaired) electrons. The molecule has 0 spiro atoms. The highest BCUT2D eigenvalue weighted by atomic mass is 16.3. The van der Waals surface area contributed by atoms with Gasteiger partial charge in [0, 0.05) is 24.7 Å². The Morgan fingerprint density at radius 3 is 2.59 bits per heavy atom. The van der Waals surface area contributed by atoms with E-state index in [0.29, 0.717) is 5.56 Å². The second-order valence-electron chi connectivity index (χ2n) is 5.60. The van der Waals surface area contributed by atoms with Gasteiger partial charge in [0.2, 0.25) is 0 Å². The van der Waals surface area contributed by atoms with Crippen molar-refractivity contribution in [2.24, 2.45) is 0 Å². The van der Waals surface area contributed by atoms with Gasteiger partial charge in [-0.05, 0) is 29.7 Å². The van der Waals surface area contributed by atoms with Crippen LogP contribution in [0.1, 0.15) is 21.5 Å². The third-order valence-corrected chi connectivity index (χ3v) is 4.09. The summed E-state index contributed by atoms with van der Waals surface area (Å²) in [6.07, 6.45) is 0.166. The van der Waals surface area contributed by atoms with Crippen LogP contribution in [-0.4, -0.2) is 29.7 Å². The average molecular weight is 296 g/mol. The van der Waals surface area contributed by atoms with Crippen LogP contribution in [0.5, 0.6) is 0 Å². The number of amides is 1. The highest BCUT2D eigenvalue weighted by Crippen LogP contribution is 2.17. The Kier molecular flexibility index (Phi) is 4.51. The molecule has 0 saturated heterocycles. The molecule has 0 unspecified atom stereocenters. The van der Waals surface area contributed by atoms with Gasteiger partial charge in [0.15, 0.2) is 0 Å². The van der Waals surface area contributed by atoms with Crippen molar-refractivity contribution in [3.63, 3.8) is 0 Å². The predicted molar refractivity (Wildman–Crippen MR) is 85.6 cm³/mol. The van der Waals surface area contributed by atoms with Crippen LogP contribution >= 0.6 is 0 Å². The molecule has 1 amide bonds. The SMILES string of the molecule is O=C(NC[C@@H](O)[C@@H]1Cc2ccccc2CN1)c1ccccc1. The molecule has 2 aromatic rings. The molecule has 0 aliphatic carbocycles. The molecule has 0 bridgehead atoms. The van der Waals surface area contributed by atoms with Gasteiger partial charge in [-0.1, -0.05) is 42.5 Å². The summed E-state index contributed by atoms with van der Waals surface area (Å²) in [5.74, 6) is -0.157. The number of carbonyl (C=O) groups is 1. The zero-order valence-corrected chi connectivity index (χ0v) is 12.3. The van der Waals surface area contributed by atoms with Gasteiger partial charge >= 0.3 is 0 Å². The van der Waals surface area contributed by atoms with E-state index in [2.05, 4.69) is 22.8 Å². The molecule has 3 rings (SSSR count). The summed E-state index contributed by atoms with van der Waals surface area (Å²) in [5.41, 5.74) is 3.15. The molecular weight excluding hydrogens is 276 g/mol. The molecule has 22 heavy (non-hydrogen) atoms. The van der Waals surface area contributed by atoms with E-state index in [1.807, 2.05) is 30.3 Å². The number of nitrogens with one attached hydrogen (secondary N) is 2. The lowest BCUT2D eigenvalue weighted by Gasteiger charge is -2.30. The van der Waals surface area contributed by atoms with E-state index in [4.69, 9.17) is 0 Å². The Morgan fingerprint density at radius 1 is 1.14 bits per heavy atom. The number of rotatable bonds is 4. The summed E-state index contributed by atoms with van der Waals surface area (Å²) < 4.78 is 0. The number of hydrogen-bond donors (Lipinski definition) is 3. The fourth-order valence-electron chi connectivity index (χ4n) is 2.78. The first-order valence-corrected chi connectivity index (χ1v) is 7.55. The van der Waals surface area contributed by atoms with Crippen LogP contribution in [0.15, 0.2) is 54.6 Å². The second kappa shape index (κ2) is 6.73. The number of hydrogen-bond acceptors (Lipinski definition) is 3. The second-order valence-corrected chi connectivity index (χ2v) is 5.60. The molecule has 4 nitrogen and oxygen atoms in total. The van der Waals surface area contributed by atoms with E-state index in [9.17, 15) is 9.90 Å². The first-order valence-electron chi connectivity index (χ1n) is 7.55. The zero-order valence-electron chi connectivity index (χ0n) is 12.3. The minimum absolute atomic E-state index is 0.0361. The molecule has 3 N–H and O–H groups in total. The number of benzene rings is 2. The maximum Gasteiger partial charge on any atom is 0.251 e. The standard InChI is InChI=1S/C18H20N2O2/c21-17(12-20-18(22)13-6-2-1-3-7-13)16-10-14-8-4-5-9-15(14)11-19-16/h1-9,16-17,19,21H,10-12H2,(H,20,22)/t16-,17+/m0/s1. The summed E-state index contributed by atoms with van der Waals surface area (Å²) in [6.45, 7) is 0.998. The fourth-order valence-corrected chi connectivity index (χ4v) is 2.78. The number of carbonyl (C=O) groups excluding carboxylic acids is 1. The van der Waals surface area contributed by atoms with Gasteiger partial charge in [0.25, 0.3) is 5.91 Å². The smallest absolute Gasteiger partial charge is 0.251 e. The van der Waals surface area contributed by atoms with Gasteiger partial charge < -0.3 is 15.7 Å². The summed E-state index contributed by atoms with van der Waals surface area (Å²) in [7, 11) is 0. The van der Waals surface area contributed by atoms with Gasteiger partial charge in [-0.15, -0.1) is 0 Å². The third-order valence-electron chi connectivity index (χ3n) is 4.09. The topological polar surface area (TPSA) is 61.4 Å². The van der Waals surface area contributed by atoms with Crippen LogP contribution in [-0.2, 0) is 13.0 Å². The molecule has 1 aliphatic rings. The minimum Gasteiger partial charge on any atom is -0.390 e.